The minimum atomic E-state index is -0.0266. The Bertz CT molecular complexity index is 1040. The van der Waals surface area contributed by atoms with Crippen molar-refractivity contribution in [3.05, 3.63) is 52.0 Å². The summed E-state index contributed by atoms with van der Waals surface area (Å²) < 4.78 is 2.14. The quantitative estimate of drug-likeness (QED) is 0.625. The summed E-state index contributed by atoms with van der Waals surface area (Å²) in [6.07, 6.45) is 1.40. The number of para-hydroxylation sites is 2. The van der Waals surface area contributed by atoms with Crippen LogP contribution in [0.5, 0.6) is 0 Å². The van der Waals surface area contributed by atoms with Crippen LogP contribution in [0.25, 0.3) is 11.0 Å². The predicted octanol–water partition coefficient (Wildman–Crippen LogP) is 3.44. The maximum atomic E-state index is 12.6. The highest BCUT2D eigenvalue weighted by Crippen LogP contribution is 2.24. The number of amides is 2. The molecule has 152 valence electrons. The van der Waals surface area contributed by atoms with Gasteiger partial charge < -0.3 is 14.4 Å². The summed E-state index contributed by atoms with van der Waals surface area (Å²) in [5.74, 6) is 0.905. The number of imidazole rings is 1. The lowest BCUT2D eigenvalue weighted by molar-refractivity contribution is -0.137. The van der Waals surface area contributed by atoms with E-state index in [4.69, 9.17) is 0 Å². The highest BCUT2D eigenvalue weighted by Gasteiger charge is 2.23. The zero-order valence-electron chi connectivity index (χ0n) is 16.9. The number of aromatic nitrogens is 2. The lowest BCUT2D eigenvalue weighted by Crippen LogP contribution is -2.36. The van der Waals surface area contributed by atoms with Gasteiger partial charge in [-0.3, -0.25) is 9.59 Å². The fourth-order valence-electron chi connectivity index (χ4n) is 3.92. The van der Waals surface area contributed by atoms with Crippen LogP contribution in [-0.2, 0) is 35.6 Å². The van der Waals surface area contributed by atoms with E-state index in [2.05, 4.69) is 27.9 Å². The van der Waals surface area contributed by atoms with Crippen molar-refractivity contribution < 1.29 is 9.59 Å². The molecule has 0 N–H and O–H groups in total. The molecule has 0 fully saturated rings. The molecule has 0 bridgehead atoms. The number of carbonyl (C=O) groups is 2. The summed E-state index contributed by atoms with van der Waals surface area (Å²) in [5.41, 5.74) is 3.27. The first-order chi connectivity index (χ1) is 14.1. The number of nitrogens with zero attached hydrogens (tertiary/aromatic N) is 4. The molecule has 1 aliphatic heterocycles. The molecule has 0 radical (unpaired) electrons. The summed E-state index contributed by atoms with van der Waals surface area (Å²) >= 11 is 1.76. The zero-order chi connectivity index (χ0) is 20.4. The molecule has 0 saturated carbocycles. The minimum absolute atomic E-state index is 0.0266. The van der Waals surface area contributed by atoms with Crippen molar-refractivity contribution in [2.24, 2.45) is 0 Å². The molecule has 3 aromatic rings. The molecule has 0 saturated heterocycles. The average Bonchev–Trinajstić information content (AvgIpc) is 3.34. The van der Waals surface area contributed by atoms with E-state index in [0.29, 0.717) is 13.1 Å². The molecule has 0 unspecified atom stereocenters. The lowest BCUT2D eigenvalue weighted by atomic mass is 10.1. The number of thiophene rings is 1. The monoisotopic (exact) mass is 410 g/mol. The molecule has 0 atom stereocenters. The molecule has 1 aliphatic rings. The van der Waals surface area contributed by atoms with Gasteiger partial charge in [-0.05, 0) is 42.5 Å². The number of benzene rings is 1. The Hall–Kier alpha value is -2.67. The molecule has 6 nitrogen and oxygen atoms in total. The number of rotatable bonds is 6. The van der Waals surface area contributed by atoms with Crippen LogP contribution in [0.1, 0.15) is 36.0 Å². The number of fused-ring (bicyclic) bond motifs is 2. The van der Waals surface area contributed by atoms with Crippen molar-refractivity contribution in [1.82, 2.24) is 19.4 Å². The van der Waals surface area contributed by atoms with Crippen LogP contribution < -0.4 is 0 Å². The van der Waals surface area contributed by atoms with Gasteiger partial charge in [0.1, 0.15) is 5.82 Å². The van der Waals surface area contributed by atoms with Gasteiger partial charge in [-0.25, -0.2) is 4.98 Å². The van der Waals surface area contributed by atoms with Crippen molar-refractivity contribution in [3.63, 3.8) is 0 Å². The Labute approximate surface area is 174 Å². The second kappa shape index (κ2) is 8.37. The number of hydrogen-bond donors (Lipinski definition) is 0. The first kappa shape index (κ1) is 19.6. The molecule has 3 heterocycles. The van der Waals surface area contributed by atoms with Gasteiger partial charge in [0.2, 0.25) is 11.8 Å². The van der Waals surface area contributed by atoms with Crippen molar-refractivity contribution in [2.75, 3.05) is 13.6 Å². The zero-order valence-corrected chi connectivity index (χ0v) is 17.7. The van der Waals surface area contributed by atoms with Crippen LogP contribution in [0.3, 0.4) is 0 Å². The molecule has 2 aromatic heterocycles. The average molecular weight is 411 g/mol. The Morgan fingerprint density at radius 2 is 2.03 bits per heavy atom. The van der Waals surface area contributed by atoms with Gasteiger partial charge in [-0.15, -0.1) is 11.3 Å². The molecule has 1 aromatic carbocycles. The number of carbonyl (C=O) groups excluding carboxylic acids is 2. The topological polar surface area (TPSA) is 58.4 Å². The highest BCUT2D eigenvalue weighted by molar-refractivity contribution is 7.10. The summed E-state index contributed by atoms with van der Waals surface area (Å²) in [7, 11) is 1.78. The van der Waals surface area contributed by atoms with E-state index >= 15 is 0 Å². The fraction of sp³-hybridized carbons (Fsp3) is 0.409. The summed E-state index contributed by atoms with van der Waals surface area (Å²) in [4.78, 5) is 34.8. The smallest absolute Gasteiger partial charge is 0.223 e. The Morgan fingerprint density at radius 3 is 2.86 bits per heavy atom. The van der Waals surface area contributed by atoms with E-state index < -0.39 is 0 Å². The van der Waals surface area contributed by atoms with Gasteiger partial charge in [0, 0.05) is 44.4 Å². The minimum Gasteiger partial charge on any atom is -0.338 e. The second-order valence-corrected chi connectivity index (χ2v) is 8.45. The molecule has 2 amide bonds. The van der Waals surface area contributed by atoms with Crippen molar-refractivity contribution in [3.8, 4) is 0 Å². The molecule has 29 heavy (non-hydrogen) atoms. The number of aryl methyl sites for hydroxylation is 1. The SMILES string of the molecule is CCn1c(CN(C)C(=O)CCC(=O)N2CCc3sccc3C2)nc2ccccc21. The van der Waals surface area contributed by atoms with E-state index in [1.54, 1.807) is 23.3 Å². The normalized spacial score (nSPS) is 13.5. The third kappa shape index (κ3) is 4.05. The fourth-order valence-corrected chi connectivity index (χ4v) is 4.81. The Balaban J connectivity index is 1.34. The Kier molecular flexibility index (Phi) is 5.67. The van der Waals surface area contributed by atoms with E-state index in [9.17, 15) is 9.59 Å². The van der Waals surface area contributed by atoms with Gasteiger partial charge in [0.25, 0.3) is 0 Å². The third-order valence-electron chi connectivity index (χ3n) is 5.57. The van der Waals surface area contributed by atoms with Crippen molar-refractivity contribution in [2.45, 2.75) is 45.8 Å². The summed E-state index contributed by atoms with van der Waals surface area (Å²) in [6, 6.07) is 10.1. The van der Waals surface area contributed by atoms with Crippen LogP contribution in [0.15, 0.2) is 35.7 Å². The van der Waals surface area contributed by atoms with Gasteiger partial charge in [0.15, 0.2) is 0 Å². The van der Waals surface area contributed by atoms with Crippen molar-refractivity contribution >= 4 is 34.2 Å². The highest BCUT2D eigenvalue weighted by atomic mass is 32.1. The van der Waals surface area contributed by atoms with Crippen LogP contribution in [0.2, 0.25) is 0 Å². The summed E-state index contributed by atoms with van der Waals surface area (Å²) in [6.45, 7) is 4.74. The third-order valence-corrected chi connectivity index (χ3v) is 6.59. The van der Waals surface area contributed by atoms with E-state index in [-0.39, 0.29) is 24.7 Å². The number of hydrogen-bond acceptors (Lipinski definition) is 4. The molecule has 0 spiro atoms. The van der Waals surface area contributed by atoms with Crippen molar-refractivity contribution in [1.29, 1.82) is 0 Å². The standard InChI is InChI=1S/C22H26N4O2S/c1-3-26-18-7-5-4-6-17(18)23-20(26)15-24(2)21(27)8-9-22(28)25-12-10-19-16(14-25)11-13-29-19/h4-7,11,13H,3,8-10,12,14-15H2,1-2H3. The van der Waals surface area contributed by atoms with Gasteiger partial charge in [-0.2, -0.15) is 0 Å². The first-order valence-electron chi connectivity index (χ1n) is 10.1. The van der Waals surface area contributed by atoms with Gasteiger partial charge >= 0.3 is 0 Å². The van der Waals surface area contributed by atoms with Crippen LogP contribution in [0, 0.1) is 0 Å². The van der Waals surface area contributed by atoms with Crippen LogP contribution >= 0.6 is 11.3 Å². The van der Waals surface area contributed by atoms with Gasteiger partial charge in [0.05, 0.1) is 17.6 Å². The lowest BCUT2D eigenvalue weighted by Gasteiger charge is -2.27. The Morgan fingerprint density at radius 1 is 1.21 bits per heavy atom. The molecule has 0 aliphatic carbocycles. The van der Waals surface area contributed by atoms with E-state index in [1.165, 1.54) is 10.4 Å². The molecular weight excluding hydrogens is 384 g/mol. The molecule has 4 rings (SSSR count). The molecule has 7 heteroatoms. The van der Waals surface area contributed by atoms with E-state index in [0.717, 1.165) is 36.4 Å². The first-order valence-corrected chi connectivity index (χ1v) is 11.0. The van der Waals surface area contributed by atoms with Crippen LogP contribution in [0.4, 0.5) is 0 Å². The summed E-state index contributed by atoms with van der Waals surface area (Å²) in [5, 5.41) is 2.08. The predicted molar refractivity (Wildman–Crippen MR) is 115 cm³/mol. The van der Waals surface area contributed by atoms with Crippen LogP contribution in [-0.4, -0.2) is 44.8 Å². The maximum Gasteiger partial charge on any atom is 0.223 e. The van der Waals surface area contributed by atoms with Gasteiger partial charge in [-0.1, -0.05) is 12.1 Å². The molecular formula is C22H26N4O2S. The van der Waals surface area contributed by atoms with E-state index in [1.807, 2.05) is 29.2 Å². The maximum absolute atomic E-state index is 12.6. The second-order valence-electron chi connectivity index (χ2n) is 7.45. The largest absolute Gasteiger partial charge is 0.338 e.